The zero-order valence-corrected chi connectivity index (χ0v) is 20.3. The van der Waals surface area contributed by atoms with Gasteiger partial charge in [-0.3, -0.25) is 9.97 Å². The van der Waals surface area contributed by atoms with Crippen molar-refractivity contribution in [3.63, 3.8) is 0 Å². The van der Waals surface area contributed by atoms with Crippen LogP contribution in [0.3, 0.4) is 0 Å². The van der Waals surface area contributed by atoms with Crippen LogP contribution in [0.2, 0.25) is 5.02 Å². The van der Waals surface area contributed by atoms with Gasteiger partial charge in [0.2, 0.25) is 0 Å². The van der Waals surface area contributed by atoms with Gasteiger partial charge in [-0.05, 0) is 44.3 Å². The van der Waals surface area contributed by atoms with Gasteiger partial charge in [0.25, 0.3) is 0 Å². The van der Waals surface area contributed by atoms with Gasteiger partial charge in [-0.2, -0.15) is 0 Å². The Kier molecular flexibility index (Phi) is 6.52. The number of carbonyl (C=O) groups excluding carboxylic acids is 1. The molecule has 1 aliphatic heterocycles. The van der Waals surface area contributed by atoms with Crippen LogP contribution in [0.5, 0.6) is 5.75 Å². The molecular weight excluding hydrogens is 466 g/mol. The maximum atomic E-state index is 11.6. The fourth-order valence-electron chi connectivity index (χ4n) is 4.03. The van der Waals surface area contributed by atoms with Crippen molar-refractivity contribution >= 4 is 34.4 Å². The van der Waals surface area contributed by atoms with Crippen LogP contribution < -0.4 is 15.0 Å². The average molecular weight is 492 g/mol. The van der Waals surface area contributed by atoms with Crippen LogP contribution in [0.1, 0.15) is 6.92 Å². The number of rotatable bonds is 5. The van der Waals surface area contributed by atoms with E-state index in [9.17, 15) is 4.79 Å². The molecule has 1 amide bonds. The molecular formula is C25H26ClN7O2. The van der Waals surface area contributed by atoms with E-state index in [0.717, 1.165) is 48.5 Å². The number of nitrogens with zero attached hydrogens (tertiary/aromatic N) is 5. The van der Waals surface area contributed by atoms with Crippen molar-refractivity contribution in [2.45, 2.75) is 6.92 Å². The Morgan fingerprint density at radius 3 is 2.66 bits per heavy atom. The van der Waals surface area contributed by atoms with Gasteiger partial charge >= 0.3 is 6.09 Å². The minimum Gasteiger partial charge on any atom is -0.409 e. The number of pyridine rings is 2. The first-order valence-corrected chi connectivity index (χ1v) is 11.9. The zero-order valence-electron chi connectivity index (χ0n) is 19.6. The molecule has 2 N–H and O–H groups in total. The van der Waals surface area contributed by atoms with Crippen LogP contribution in [-0.2, 0) is 0 Å². The zero-order chi connectivity index (χ0) is 24.4. The first kappa shape index (κ1) is 23.1. The lowest BCUT2D eigenvalue weighted by Gasteiger charge is -2.34. The minimum absolute atomic E-state index is 0.271. The lowest BCUT2D eigenvalue weighted by atomic mass is 10.1. The Bertz CT molecular complexity index is 1350. The van der Waals surface area contributed by atoms with Gasteiger partial charge < -0.3 is 24.8 Å². The van der Waals surface area contributed by atoms with Gasteiger partial charge in [-0.1, -0.05) is 11.6 Å². The maximum Gasteiger partial charge on any atom is 0.412 e. The third-order valence-corrected chi connectivity index (χ3v) is 6.25. The summed E-state index contributed by atoms with van der Waals surface area (Å²) < 4.78 is 5.15. The quantitative estimate of drug-likeness (QED) is 0.431. The number of aromatic amines is 1. The number of aromatic nitrogens is 4. The summed E-state index contributed by atoms with van der Waals surface area (Å²) in [5, 5.41) is 2.92. The highest BCUT2D eigenvalue weighted by molar-refractivity contribution is 6.33. The molecule has 4 heterocycles. The smallest absolute Gasteiger partial charge is 0.409 e. The number of hydrogen-bond acceptors (Lipinski definition) is 7. The second-order valence-electron chi connectivity index (χ2n) is 8.43. The molecule has 1 saturated heterocycles. The van der Waals surface area contributed by atoms with Crippen LogP contribution in [-0.4, -0.2) is 70.7 Å². The van der Waals surface area contributed by atoms with Crippen LogP contribution in [0.4, 0.5) is 10.5 Å². The van der Waals surface area contributed by atoms with E-state index in [-0.39, 0.29) is 5.75 Å². The molecule has 1 aliphatic rings. The number of benzene rings is 1. The largest absolute Gasteiger partial charge is 0.412 e. The topological polar surface area (TPSA) is 99.3 Å². The van der Waals surface area contributed by atoms with Crippen molar-refractivity contribution in [2.24, 2.45) is 0 Å². The minimum atomic E-state index is -0.550. The average Bonchev–Trinajstić information content (AvgIpc) is 3.28. The highest BCUT2D eigenvalue weighted by Crippen LogP contribution is 2.30. The summed E-state index contributed by atoms with van der Waals surface area (Å²) in [6.45, 7) is 6.43. The summed E-state index contributed by atoms with van der Waals surface area (Å²) in [5.74, 6) is 0.972. The molecule has 3 aromatic heterocycles. The molecule has 35 heavy (non-hydrogen) atoms. The lowest BCUT2D eigenvalue weighted by molar-refractivity contribution is 0.201. The van der Waals surface area contributed by atoms with E-state index in [4.69, 9.17) is 21.3 Å². The Hall–Kier alpha value is -3.69. The molecule has 10 heteroatoms. The summed E-state index contributed by atoms with van der Waals surface area (Å²) in [7, 11) is 2.15. The second-order valence-corrected chi connectivity index (χ2v) is 8.84. The van der Waals surface area contributed by atoms with E-state index >= 15 is 0 Å². The summed E-state index contributed by atoms with van der Waals surface area (Å²) in [4.78, 5) is 33.4. The number of H-pyrrole nitrogens is 1. The molecule has 0 saturated carbocycles. The predicted octanol–water partition coefficient (Wildman–Crippen LogP) is 4.20. The summed E-state index contributed by atoms with van der Waals surface area (Å²) in [6.07, 6.45) is 2.61. The van der Waals surface area contributed by atoms with Crippen molar-refractivity contribution in [2.75, 3.05) is 44.7 Å². The SMILES string of the molecule is CCNC(=O)Oc1cnc(-c2ccc(-c3nc4ccc(N5CCN(C)CC5)cc4[nH]3)nc2)c(Cl)c1. The number of nitrogens with one attached hydrogen (secondary N) is 2. The molecule has 0 spiro atoms. The number of fused-ring (bicyclic) bond motifs is 1. The van der Waals surface area contributed by atoms with Gasteiger partial charge in [0, 0.05) is 56.2 Å². The maximum absolute atomic E-state index is 11.6. The number of likely N-dealkylation sites (N-methyl/N-ethyl adjacent to an activating group) is 1. The van der Waals surface area contributed by atoms with Crippen LogP contribution in [0.25, 0.3) is 33.8 Å². The van der Waals surface area contributed by atoms with E-state index < -0.39 is 6.09 Å². The number of anilines is 1. The summed E-state index contributed by atoms with van der Waals surface area (Å²) in [5.41, 5.74) is 5.10. The molecule has 1 aromatic carbocycles. The fraction of sp³-hybridized carbons (Fsp3) is 0.280. The van der Waals surface area contributed by atoms with Crippen LogP contribution in [0, 0.1) is 0 Å². The molecule has 5 rings (SSSR count). The third kappa shape index (κ3) is 5.06. The number of hydrogen-bond donors (Lipinski definition) is 2. The third-order valence-electron chi connectivity index (χ3n) is 5.96. The molecule has 0 radical (unpaired) electrons. The Morgan fingerprint density at radius 2 is 1.94 bits per heavy atom. The van der Waals surface area contributed by atoms with Gasteiger partial charge in [0.1, 0.15) is 5.69 Å². The van der Waals surface area contributed by atoms with E-state index in [2.05, 4.69) is 49.2 Å². The normalized spacial score (nSPS) is 14.3. The first-order valence-electron chi connectivity index (χ1n) is 11.5. The van der Waals surface area contributed by atoms with E-state index in [0.29, 0.717) is 23.1 Å². The Labute approximate surface area is 208 Å². The van der Waals surface area contributed by atoms with Gasteiger partial charge in [0.15, 0.2) is 11.6 Å². The predicted molar refractivity (Wildman–Crippen MR) is 137 cm³/mol. The number of carbonyl (C=O) groups is 1. The summed E-state index contributed by atoms with van der Waals surface area (Å²) >= 11 is 6.39. The number of imidazole rings is 1. The van der Waals surface area contributed by atoms with Gasteiger partial charge in [-0.25, -0.2) is 9.78 Å². The van der Waals surface area contributed by atoms with E-state index in [1.807, 2.05) is 25.1 Å². The van der Waals surface area contributed by atoms with Gasteiger partial charge in [-0.15, -0.1) is 0 Å². The monoisotopic (exact) mass is 491 g/mol. The molecule has 0 bridgehead atoms. The highest BCUT2D eigenvalue weighted by Gasteiger charge is 2.16. The van der Waals surface area contributed by atoms with Crippen molar-refractivity contribution in [3.05, 3.63) is 53.8 Å². The van der Waals surface area contributed by atoms with Gasteiger partial charge in [0.05, 0.1) is 27.9 Å². The number of amides is 1. The van der Waals surface area contributed by atoms with Crippen LogP contribution in [0.15, 0.2) is 48.8 Å². The van der Waals surface area contributed by atoms with Crippen molar-refractivity contribution < 1.29 is 9.53 Å². The van der Waals surface area contributed by atoms with Crippen molar-refractivity contribution in [1.29, 1.82) is 0 Å². The van der Waals surface area contributed by atoms with Crippen molar-refractivity contribution in [3.8, 4) is 28.5 Å². The number of piperazine rings is 1. The molecule has 4 aromatic rings. The molecule has 0 unspecified atom stereocenters. The van der Waals surface area contributed by atoms with Crippen molar-refractivity contribution in [1.82, 2.24) is 30.2 Å². The van der Waals surface area contributed by atoms with E-state index in [1.54, 1.807) is 12.3 Å². The van der Waals surface area contributed by atoms with Crippen LogP contribution >= 0.6 is 11.6 Å². The molecule has 180 valence electrons. The van der Waals surface area contributed by atoms with E-state index in [1.165, 1.54) is 11.9 Å². The molecule has 0 atom stereocenters. The highest BCUT2D eigenvalue weighted by atomic mass is 35.5. The standard InChI is InChI=1S/C25H26ClN7O2/c1-3-27-25(34)35-18-13-19(26)23(29-15-18)16-4-6-21(28-14-16)24-30-20-7-5-17(12-22(20)31-24)33-10-8-32(2)9-11-33/h4-7,12-15H,3,8-11H2,1-2H3,(H,27,34)(H,30,31). The molecule has 1 fully saturated rings. The Morgan fingerprint density at radius 1 is 1.11 bits per heavy atom. The second kappa shape index (κ2) is 9.89. The molecule has 0 aliphatic carbocycles. The Balaban J connectivity index is 1.34. The number of ether oxygens (including phenoxy) is 1. The lowest BCUT2D eigenvalue weighted by Crippen LogP contribution is -2.44. The number of halogens is 1. The molecule has 9 nitrogen and oxygen atoms in total. The summed E-state index contributed by atoms with van der Waals surface area (Å²) in [6, 6.07) is 11.7. The first-order chi connectivity index (χ1) is 17.0. The fourth-order valence-corrected chi connectivity index (χ4v) is 4.30.